The van der Waals surface area contributed by atoms with Crippen LogP contribution in [0.25, 0.3) is 0 Å². The number of carbonyl (C=O) groups is 1. The molecule has 1 amide bonds. The number of rotatable bonds is 42. The Balaban J connectivity index is 1.86. The molecular weight excluding hydrogens is 635 g/mol. The maximum absolute atomic E-state index is 12.7. The smallest absolute Gasteiger partial charge is 0.226 e. The summed E-state index contributed by atoms with van der Waals surface area (Å²) in [6.45, 7) is 7.68. The van der Waals surface area contributed by atoms with E-state index in [0.29, 0.717) is 12.6 Å². The molecule has 1 heterocycles. The molecule has 0 fully saturated rings. The molecule has 0 aromatic heterocycles. The number of hydrogen-bond donors (Lipinski definition) is 2. The van der Waals surface area contributed by atoms with Crippen molar-refractivity contribution in [2.24, 2.45) is 0 Å². The molecule has 1 aliphatic heterocycles. The molecular formula is C48H96N3O+. The lowest BCUT2D eigenvalue weighted by Gasteiger charge is -2.17. The van der Waals surface area contributed by atoms with Crippen LogP contribution in [-0.2, 0) is 4.79 Å². The Morgan fingerprint density at radius 1 is 0.500 bits per heavy atom. The highest BCUT2D eigenvalue weighted by Crippen LogP contribution is 2.17. The maximum Gasteiger partial charge on any atom is 0.226 e. The van der Waals surface area contributed by atoms with Crippen molar-refractivity contribution in [3.63, 3.8) is 0 Å². The maximum atomic E-state index is 12.7. The van der Waals surface area contributed by atoms with Gasteiger partial charge in [-0.2, -0.15) is 0 Å². The molecule has 0 aromatic carbocycles. The Bertz CT molecular complexity index is 767. The van der Waals surface area contributed by atoms with Crippen LogP contribution in [0.4, 0.5) is 0 Å². The molecule has 0 aliphatic carbocycles. The molecule has 1 rings (SSSR count). The summed E-state index contributed by atoms with van der Waals surface area (Å²) < 4.78 is 2.36. The second-order valence-electron chi connectivity index (χ2n) is 17.1. The van der Waals surface area contributed by atoms with Crippen molar-refractivity contribution in [2.75, 3.05) is 6.54 Å². The summed E-state index contributed by atoms with van der Waals surface area (Å²) in [5.74, 6) is 0.224. The number of nitrogens with zero attached hydrogens (tertiary/aromatic N) is 1. The molecule has 0 spiro atoms. The van der Waals surface area contributed by atoms with Crippen molar-refractivity contribution in [3.8, 4) is 0 Å². The standard InChI is InChI=1S/C48H95N3O/c1-4-6-8-10-12-14-16-18-20-22-24-26-28-30-32-34-36-38-40-42-47-49-44-45-51(47)46(3)50-48(52)43-41-39-37-35-33-31-29-27-25-23-21-19-17-15-13-11-9-7-5-2/h45-47,49H,4-44H2,1-3H3/p+1. The highest BCUT2D eigenvalue weighted by molar-refractivity contribution is 5.76. The minimum atomic E-state index is 0.0770. The van der Waals surface area contributed by atoms with Crippen molar-refractivity contribution in [1.29, 1.82) is 0 Å². The molecule has 308 valence electrons. The molecule has 2 atom stereocenters. The van der Waals surface area contributed by atoms with Gasteiger partial charge in [-0.05, 0) is 12.8 Å². The van der Waals surface area contributed by atoms with Crippen molar-refractivity contribution >= 4 is 12.1 Å². The minimum absolute atomic E-state index is 0.0770. The van der Waals surface area contributed by atoms with Crippen molar-refractivity contribution in [1.82, 2.24) is 10.6 Å². The quantitative estimate of drug-likeness (QED) is 0.0485. The van der Waals surface area contributed by atoms with Gasteiger partial charge < -0.3 is 0 Å². The number of nitrogens with one attached hydrogen (secondary N) is 2. The van der Waals surface area contributed by atoms with E-state index in [1.54, 1.807) is 0 Å². The van der Waals surface area contributed by atoms with Crippen LogP contribution in [0.1, 0.15) is 278 Å². The van der Waals surface area contributed by atoms with E-state index in [1.807, 2.05) is 0 Å². The van der Waals surface area contributed by atoms with Crippen LogP contribution < -0.4 is 10.6 Å². The van der Waals surface area contributed by atoms with Crippen LogP contribution in [0.5, 0.6) is 0 Å². The van der Waals surface area contributed by atoms with Gasteiger partial charge in [0.15, 0.2) is 6.21 Å². The van der Waals surface area contributed by atoms with Crippen molar-refractivity contribution in [3.05, 3.63) is 0 Å². The predicted molar refractivity (Wildman–Crippen MR) is 232 cm³/mol. The number of carbonyl (C=O) groups excluding carboxylic acids is 1. The molecule has 0 saturated heterocycles. The van der Waals surface area contributed by atoms with E-state index >= 15 is 0 Å². The summed E-state index contributed by atoms with van der Waals surface area (Å²) in [5, 5.41) is 6.93. The van der Waals surface area contributed by atoms with Gasteiger partial charge in [-0.3, -0.25) is 10.1 Å². The fraction of sp³-hybridized carbons (Fsp3) is 0.958. The lowest BCUT2D eigenvalue weighted by Crippen LogP contribution is -2.46. The van der Waals surface area contributed by atoms with Gasteiger partial charge in [0, 0.05) is 19.8 Å². The average Bonchev–Trinajstić information content (AvgIpc) is 3.62. The zero-order valence-electron chi connectivity index (χ0n) is 36.1. The highest BCUT2D eigenvalue weighted by Gasteiger charge is 2.30. The summed E-state index contributed by atoms with van der Waals surface area (Å²) in [6, 6.07) is 0. The van der Waals surface area contributed by atoms with Crippen LogP contribution in [0.3, 0.4) is 0 Å². The van der Waals surface area contributed by atoms with Gasteiger partial charge in [0.25, 0.3) is 0 Å². The van der Waals surface area contributed by atoms with Crippen molar-refractivity contribution in [2.45, 2.75) is 290 Å². The van der Waals surface area contributed by atoms with Gasteiger partial charge in [0.2, 0.25) is 18.2 Å². The van der Waals surface area contributed by atoms with E-state index in [9.17, 15) is 4.79 Å². The first kappa shape index (κ1) is 49.1. The topological polar surface area (TPSA) is 44.1 Å². The zero-order valence-corrected chi connectivity index (χ0v) is 36.1. The third kappa shape index (κ3) is 32.5. The van der Waals surface area contributed by atoms with Crippen LogP contribution >= 0.6 is 0 Å². The van der Waals surface area contributed by atoms with Crippen molar-refractivity contribution < 1.29 is 9.37 Å². The Morgan fingerprint density at radius 3 is 1.12 bits per heavy atom. The molecule has 1 aliphatic rings. The van der Waals surface area contributed by atoms with Gasteiger partial charge in [-0.25, -0.2) is 9.89 Å². The van der Waals surface area contributed by atoms with Crippen LogP contribution in [0.15, 0.2) is 0 Å². The van der Waals surface area contributed by atoms with E-state index in [0.717, 1.165) is 13.0 Å². The molecule has 0 saturated carbocycles. The molecule has 0 bridgehead atoms. The van der Waals surface area contributed by atoms with E-state index in [-0.39, 0.29) is 12.1 Å². The molecule has 0 aromatic rings. The summed E-state index contributed by atoms with van der Waals surface area (Å²) in [4.78, 5) is 12.7. The first-order chi connectivity index (χ1) is 25.7. The van der Waals surface area contributed by atoms with Gasteiger partial charge >= 0.3 is 0 Å². The molecule has 52 heavy (non-hydrogen) atoms. The monoisotopic (exact) mass is 731 g/mol. The van der Waals surface area contributed by atoms with Crippen LogP contribution in [0, 0.1) is 0 Å². The van der Waals surface area contributed by atoms with E-state index in [2.05, 4.69) is 42.2 Å². The Kier molecular flexibility index (Phi) is 37.6. The molecule has 4 nitrogen and oxygen atoms in total. The average molecular weight is 731 g/mol. The first-order valence-corrected chi connectivity index (χ1v) is 24.3. The molecule has 0 radical (unpaired) electrons. The van der Waals surface area contributed by atoms with Crippen LogP contribution in [-0.4, -0.2) is 35.6 Å². The fourth-order valence-electron chi connectivity index (χ4n) is 8.37. The third-order valence-electron chi connectivity index (χ3n) is 11.9. The predicted octanol–water partition coefficient (Wildman–Crippen LogP) is 15.1. The normalized spacial score (nSPS) is 15.0. The summed E-state index contributed by atoms with van der Waals surface area (Å²) in [7, 11) is 0. The van der Waals surface area contributed by atoms with Gasteiger partial charge in [0.05, 0.1) is 6.54 Å². The highest BCUT2D eigenvalue weighted by atomic mass is 16.1. The number of amides is 1. The lowest BCUT2D eigenvalue weighted by molar-refractivity contribution is -0.595. The largest absolute Gasteiger partial charge is 0.299 e. The number of unbranched alkanes of at least 4 members (excludes halogenated alkanes) is 36. The van der Waals surface area contributed by atoms with Gasteiger partial charge in [0.1, 0.15) is 0 Å². The fourth-order valence-corrected chi connectivity index (χ4v) is 8.37. The van der Waals surface area contributed by atoms with E-state index in [1.165, 1.54) is 244 Å². The SMILES string of the molecule is CCCCCCCCCCCCCCCCCCCCCC(=O)NC(C)[N+]1=CCNC1CCCCCCCCCCCCCCCCCCCCC. The molecule has 2 N–H and O–H groups in total. The minimum Gasteiger partial charge on any atom is -0.299 e. The lowest BCUT2D eigenvalue weighted by atomic mass is 10.0. The molecule has 4 heteroatoms. The number of hydrogen-bond acceptors (Lipinski definition) is 2. The zero-order chi connectivity index (χ0) is 37.4. The molecule has 2 unspecified atom stereocenters. The second kappa shape index (κ2) is 39.8. The first-order valence-electron chi connectivity index (χ1n) is 24.3. The summed E-state index contributed by atoms with van der Waals surface area (Å²) in [6.07, 6.45) is 58.0. The summed E-state index contributed by atoms with van der Waals surface area (Å²) >= 11 is 0. The summed E-state index contributed by atoms with van der Waals surface area (Å²) in [5.41, 5.74) is 0. The Labute approximate surface area is 327 Å². The van der Waals surface area contributed by atoms with E-state index < -0.39 is 0 Å². The third-order valence-corrected chi connectivity index (χ3v) is 11.9. The van der Waals surface area contributed by atoms with E-state index in [4.69, 9.17) is 0 Å². The van der Waals surface area contributed by atoms with Gasteiger partial charge in [-0.15, -0.1) is 0 Å². The van der Waals surface area contributed by atoms with Gasteiger partial charge in [-0.1, -0.05) is 245 Å². The van der Waals surface area contributed by atoms with Crippen LogP contribution in [0.2, 0.25) is 0 Å². The second-order valence-corrected chi connectivity index (χ2v) is 17.1. The Hall–Kier alpha value is -0.900. The Morgan fingerprint density at radius 2 is 0.788 bits per heavy atom.